The second-order valence-corrected chi connectivity index (χ2v) is 6.72. The van der Waals surface area contributed by atoms with Crippen LogP contribution in [0.4, 0.5) is 0 Å². The van der Waals surface area contributed by atoms with Gasteiger partial charge >= 0.3 is 0 Å². The number of guanidine groups is 1. The van der Waals surface area contributed by atoms with E-state index in [-0.39, 0.29) is 29.6 Å². The highest BCUT2D eigenvalue weighted by molar-refractivity contribution is 14.0. The van der Waals surface area contributed by atoms with E-state index in [0.717, 1.165) is 44.4 Å². The van der Waals surface area contributed by atoms with E-state index < -0.39 is 0 Å². The molecule has 2 aliphatic rings. The summed E-state index contributed by atoms with van der Waals surface area (Å²) in [5, 5.41) is 6.86. The van der Waals surface area contributed by atoms with E-state index in [9.17, 15) is 0 Å². The minimum absolute atomic E-state index is 0. The van der Waals surface area contributed by atoms with Gasteiger partial charge in [0.1, 0.15) is 0 Å². The van der Waals surface area contributed by atoms with E-state index in [4.69, 9.17) is 4.74 Å². The van der Waals surface area contributed by atoms with Crippen LogP contribution in [0.3, 0.4) is 0 Å². The highest BCUT2D eigenvalue weighted by atomic mass is 127. The summed E-state index contributed by atoms with van der Waals surface area (Å²) >= 11 is 0. The van der Waals surface area contributed by atoms with E-state index in [1.807, 2.05) is 7.05 Å². The van der Waals surface area contributed by atoms with Gasteiger partial charge < -0.3 is 15.4 Å². The lowest BCUT2D eigenvalue weighted by atomic mass is 10.0. The third-order valence-electron chi connectivity index (χ3n) is 4.84. The molecule has 5 heteroatoms. The molecule has 1 aromatic carbocycles. The van der Waals surface area contributed by atoms with E-state index in [1.54, 1.807) is 0 Å². The van der Waals surface area contributed by atoms with Crippen LogP contribution in [0.5, 0.6) is 0 Å². The Labute approximate surface area is 156 Å². The van der Waals surface area contributed by atoms with Crippen LogP contribution in [0.15, 0.2) is 35.3 Å². The van der Waals surface area contributed by atoms with Crippen LogP contribution >= 0.6 is 24.0 Å². The van der Waals surface area contributed by atoms with Gasteiger partial charge in [-0.2, -0.15) is 0 Å². The molecular weight excluding hydrogens is 401 g/mol. The lowest BCUT2D eigenvalue weighted by Gasteiger charge is -2.24. The Kier molecular flexibility index (Phi) is 6.71. The molecule has 1 aliphatic carbocycles. The lowest BCUT2D eigenvalue weighted by molar-refractivity contribution is 0.0243. The van der Waals surface area contributed by atoms with E-state index >= 15 is 0 Å². The third-order valence-corrected chi connectivity index (χ3v) is 4.84. The normalized spacial score (nSPS) is 29.7. The molecule has 3 unspecified atom stereocenters. The molecule has 2 fully saturated rings. The number of nitrogens with zero attached hydrogens (tertiary/aromatic N) is 1. The zero-order valence-corrected chi connectivity index (χ0v) is 16.4. The summed E-state index contributed by atoms with van der Waals surface area (Å²) in [5.74, 6) is 2.32. The number of ether oxygens (including phenoxy) is 1. The first kappa shape index (κ1) is 18.5. The number of hydrogen-bond acceptors (Lipinski definition) is 2. The van der Waals surface area contributed by atoms with Gasteiger partial charge in [0.15, 0.2) is 5.96 Å². The SMILES string of the molecule is CN=C(NCC1CC1c1ccccc1)NCC1(C)CCCO1.I. The van der Waals surface area contributed by atoms with E-state index in [1.165, 1.54) is 12.0 Å². The standard InChI is InChI=1S/C18H27N3O.HI/c1-18(9-6-10-22-18)13-21-17(19-2)20-12-15-11-16(15)14-7-4-3-5-8-14;/h3-5,7-8,15-16H,6,9-13H2,1-2H3,(H2,19,20,21);1H. The first-order valence-corrected chi connectivity index (χ1v) is 8.34. The summed E-state index contributed by atoms with van der Waals surface area (Å²) in [5.41, 5.74) is 1.42. The minimum atomic E-state index is -0.0379. The Morgan fingerprint density at radius 3 is 2.74 bits per heavy atom. The van der Waals surface area contributed by atoms with Crippen molar-refractivity contribution in [1.82, 2.24) is 10.6 Å². The first-order valence-electron chi connectivity index (χ1n) is 8.34. The van der Waals surface area contributed by atoms with Gasteiger partial charge in [-0.15, -0.1) is 24.0 Å². The van der Waals surface area contributed by atoms with Crippen molar-refractivity contribution in [3.8, 4) is 0 Å². The molecule has 1 aliphatic heterocycles. The van der Waals surface area contributed by atoms with Gasteiger partial charge in [-0.05, 0) is 43.6 Å². The zero-order chi connectivity index (χ0) is 15.4. The molecule has 3 atom stereocenters. The van der Waals surface area contributed by atoms with Crippen LogP contribution in [0, 0.1) is 5.92 Å². The molecule has 1 aromatic rings. The molecule has 2 N–H and O–H groups in total. The predicted octanol–water partition coefficient (Wildman–Crippen LogP) is 3.14. The maximum Gasteiger partial charge on any atom is 0.191 e. The van der Waals surface area contributed by atoms with Crippen molar-refractivity contribution in [2.45, 2.75) is 37.7 Å². The number of aliphatic imine (C=N–C) groups is 1. The van der Waals surface area contributed by atoms with Gasteiger partial charge in [-0.3, -0.25) is 4.99 Å². The van der Waals surface area contributed by atoms with Crippen LogP contribution in [-0.4, -0.2) is 38.3 Å². The minimum Gasteiger partial charge on any atom is -0.373 e. The van der Waals surface area contributed by atoms with Crippen molar-refractivity contribution in [1.29, 1.82) is 0 Å². The Hall–Kier alpha value is -0.820. The largest absolute Gasteiger partial charge is 0.373 e. The maximum atomic E-state index is 5.80. The average molecular weight is 429 g/mol. The fourth-order valence-electron chi connectivity index (χ4n) is 3.28. The van der Waals surface area contributed by atoms with Crippen molar-refractivity contribution in [2.24, 2.45) is 10.9 Å². The average Bonchev–Trinajstić information content (AvgIpc) is 3.21. The molecule has 3 rings (SSSR count). The molecule has 4 nitrogen and oxygen atoms in total. The number of rotatable bonds is 5. The molecular formula is C18H28IN3O. The summed E-state index contributed by atoms with van der Waals surface area (Å²) in [7, 11) is 1.83. The van der Waals surface area contributed by atoms with Crippen LogP contribution in [0.1, 0.15) is 37.7 Å². The van der Waals surface area contributed by atoms with Crippen molar-refractivity contribution in [2.75, 3.05) is 26.7 Å². The van der Waals surface area contributed by atoms with E-state index in [2.05, 4.69) is 52.9 Å². The van der Waals surface area contributed by atoms with Gasteiger partial charge in [0, 0.05) is 26.7 Å². The van der Waals surface area contributed by atoms with Crippen molar-refractivity contribution in [3.63, 3.8) is 0 Å². The van der Waals surface area contributed by atoms with Gasteiger partial charge in [0.25, 0.3) is 0 Å². The molecule has 0 bridgehead atoms. The summed E-state index contributed by atoms with van der Waals surface area (Å²) in [6.07, 6.45) is 3.55. The molecule has 0 aromatic heterocycles. The second kappa shape index (κ2) is 8.33. The Bertz CT molecular complexity index is 514. The molecule has 128 valence electrons. The fraction of sp³-hybridized carbons (Fsp3) is 0.611. The molecule has 1 saturated carbocycles. The quantitative estimate of drug-likeness (QED) is 0.430. The lowest BCUT2D eigenvalue weighted by Crippen LogP contribution is -2.46. The topological polar surface area (TPSA) is 45.7 Å². The fourth-order valence-corrected chi connectivity index (χ4v) is 3.28. The summed E-state index contributed by atoms with van der Waals surface area (Å²) in [4.78, 5) is 4.32. The second-order valence-electron chi connectivity index (χ2n) is 6.72. The summed E-state index contributed by atoms with van der Waals surface area (Å²) in [6.45, 7) is 4.86. The molecule has 1 saturated heterocycles. The highest BCUT2D eigenvalue weighted by Gasteiger charge is 2.38. The van der Waals surface area contributed by atoms with Gasteiger partial charge in [0.2, 0.25) is 0 Å². The smallest absolute Gasteiger partial charge is 0.191 e. The molecule has 0 amide bonds. The maximum absolute atomic E-state index is 5.80. The van der Waals surface area contributed by atoms with Gasteiger partial charge in [-0.1, -0.05) is 30.3 Å². The van der Waals surface area contributed by atoms with Crippen LogP contribution < -0.4 is 10.6 Å². The molecule has 1 heterocycles. The Balaban J connectivity index is 0.00000192. The van der Waals surface area contributed by atoms with Crippen molar-refractivity contribution in [3.05, 3.63) is 35.9 Å². The first-order chi connectivity index (χ1) is 10.7. The monoisotopic (exact) mass is 429 g/mol. The van der Waals surface area contributed by atoms with Gasteiger partial charge in [0.05, 0.1) is 5.60 Å². The van der Waals surface area contributed by atoms with Crippen LogP contribution in [-0.2, 0) is 4.74 Å². The number of hydrogen-bond donors (Lipinski definition) is 2. The number of halogens is 1. The van der Waals surface area contributed by atoms with Crippen molar-refractivity contribution < 1.29 is 4.74 Å². The number of nitrogens with one attached hydrogen (secondary N) is 2. The van der Waals surface area contributed by atoms with Crippen molar-refractivity contribution >= 4 is 29.9 Å². The van der Waals surface area contributed by atoms with Gasteiger partial charge in [-0.25, -0.2) is 0 Å². The third kappa shape index (κ3) is 5.08. The molecule has 0 radical (unpaired) electrons. The molecule has 0 spiro atoms. The van der Waals surface area contributed by atoms with Crippen LogP contribution in [0.25, 0.3) is 0 Å². The highest BCUT2D eigenvalue weighted by Crippen LogP contribution is 2.46. The zero-order valence-electron chi connectivity index (χ0n) is 14.0. The Morgan fingerprint density at radius 1 is 1.30 bits per heavy atom. The van der Waals surface area contributed by atoms with Crippen LogP contribution in [0.2, 0.25) is 0 Å². The Morgan fingerprint density at radius 2 is 2.09 bits per heavy atom. The number of benzene rings is 1. The van der Waals surface area contributed by atoms with E-state index in [0.29, 0.717) is 5.92 Å². The predicted molar refractivity (Wildman–Crippen MR) is 106 cm³/mol. The molecule has 23 heavy (non-hydrogen) atoms. The summed E-state index contributed by atoms with van der Waals surface area (Å²) in [6, 6.07) is 10.8. The summed E-state index contributed by atoms with van der Waals surface area (Å²) < 4.78 is 5.80.